The maximum atomic E-state index is 13.1. The van der Waals surface area contributed by atoms with Crippen molar-refractivity contribution >= 4 is 39.8 Å². The number of aromatic nitrogens is 2. The fourth-order valence-electron chi connectivity index (χ4n) is 4.30. The van der Waals surface area contributed by atoms with Crippen LogP contribution in [0.15, 0.2) is 41.3 Å². The molecular formula is C24H23ClN4O4S. The number of halogens is 1. The molecule has 0 spiro atoms. The molecule has 1 unspecified atom stereocenters. The van der Waals surface area contributed by atoms with E-state index in [1.165, 1.54) is 28.3 Å². The predicted octanol–water partition coefficient (Wildman–Crippen LogP) is 3.60. The highest BCUT2D eigenvalue weighted by molar-refractivity contribution is 7.17. The van der Waals surface area contributed by atoms with Crippen LogP contribution in [0.5, 0.6) is 0 Å². The van der Waals surface area contributed by atoms with Crippen LogP contribution in [0.4, 0.5) is 5.00 Å². The zero-order valence-corrected chi connectivity index (χ0v) is 19.9. The van der Waals surface area contributed by atoms with Crippen LogP contribution in [0, 0.1) is 0 Å². The summed E-state index contributed by atoms with van der Waals surface area (Å²) in [7, 11) is 0. The normalized spacial score (nSPS) is 16.9. The van der Waals surface area contributed by atoms with Crippen LogP contribution in [0.1, 0.15) is 50.5 Å². The van der Waals surface area contributed by atoms with Gasteiger partial charge in [0.05, 0.1) is 17.4 Å². The minimum absolute atomic E-state index is 0.0218. The van der Waals surface area contributed by atoms with Crippen molar-refractivity contribution in [2.45, 2.75) is 38.2 Å². The molecule has 1 atom stereocenters. The number of anilines is 1. The van der Waals surface area contributed by atoms with Gasteiger partial charge in [0.15, 0.2) is 5.69 Å². The Morgan fingerprint density at radius 3 is 2.74 bits per heavy atom. The lowest BCUT2D eigenvalue weighted by atomic mass is 10.1. The number of aryl methyl sites for hydroxylation is 1. The molecule has 10 heteroatoms. The summed E-state index contributed by atoms with van der Waals surface area (Å²) in [5.74, 6) is -0.883. The van der Waals surface area contributed by atoms with Crippen LogP contribution in [0.2, 0.25) is 5.02 Å². The highest BCUT2D eigenvalue weighted by Gasteiger charge is 2.29. The van der Waals surface area contributed by atoms with Crippen molar-refractivity contribution in [3.8, 4) is 5.69 Å². The minimum atomic E-state index is -0.651. The standard InChI is InChI=1S/C24H23ClN4O4S/c25-14-6-8-15(9-7-14)29-11-10-18(30)21(28-29)23(32)27-24-20(17-4-1-5-19(17)34-24)22(31)26-13-16-3-2-12-33-16/h6-11,16H,1-5,12-13H2,(H,26,31)(H,27,32). The van der Waals surface area contributed by atoms with E-state index in [0.29, 0.717) is 34.4 Å². The molecule has 1 aliphatic carbocycles. The lowest BCUT2D eigenvalue weighted by Gasteiger charge is -2.13. The smallest absolute Gasteiger partial charge is 0.280 e. The Morgan fingerprint density at radius 1 is 1.15 bits per heavy atom. The highest BCUT2D eigenvalue weighted by atomic mass is 35.5. The van der Waals surface area contributed by atoms with E-state index in [9.17, 15) is 14.4 Å². The molecular weight excluding hydrogens is 476 g/mol. The Morgan fingerprint density at radius 2 is 1.97 bits per heavy atom. The van der Waals surface area contributed by atoms with Gasteiger partial charge in [-0.2, -0.15) is 5.10 Å². The van der Waals surface area contributed by atoms with Crippen molar-refractivity contribution < 1.29 is 14.3 Å². The van der Waals surface area contributed by atoms with E-state index in [1.807, 2.05) is 0 Å². The molecule has 3 aromatic rings. The van der Waals surface area contributed by atoms with Gasteiger partial charge in [0.1, 0.15) is 5.00 Å². The van der Waals surface area contributed by atoms with Gasteiger partial charge in [-0.15, -0.1) is 11.3 Å². The first-order valence-electron chi connectivity index (χ1n) is 11.2. The number of thiophene rings is 1. The highest BCUT2D eigenvalue weighted by Crippen LogP contribution is 2.39. The second-order valence-electron chi connectivity index (χ2n) is 8.31. The van der Waals surface area contributed by atoms with Crippen molar-refractivity contribution in [1.29, 1.82) is 0 Å². The van der Waals surface area contributed by atoms with E-state index in [1.54, 1.807) is 24.3 Å². The molecule has 2 amide bonds. The number of carbonyl (C=O) groups is 2. The van der Waals surface area contributed by atoms with E-state index in [-0.39, 0.29) is 17.7 Å². The molecule has 2 aromatic heterocycles. The summed E-state index contributed by atoms with van der Waals surface area (Å²) in [6, 6.07) is 8.17. The van der Waals surface area contributed by atoms with Crippen molar-refractivity contribution in [3.05, 3.63) is 73.5 Å². The summed E-state index contributed by atoms with van der Waals surface area (Å²) in [5.41, 5.74) is 1.36. The average molecular weight is 499 g/mol. The van der Waals surface area contributed by atoms with Crippen LogP contribution in [0.25, 0.3) is 5.69 Å². The van der Waals surface area contributed by atoms with Crippen molar-refractivity contribution in [3.63, 3.8) is 0 Å². The van der Waals surface area contributed by atoms with Crippen molar-refractivity contribution in [1.82, 2.24) is 15.1 Å². The van der Waals surface area contributed by atoms with Gasteiger partial charge in [0.2, 0.25) is 5.43 Å². The van der Waals surface area contributed by atoms with E-state index in [4.69, 9.17) is 16.3 Å². The fourth-order valence-corrected chi connectivity index (χ4v) is 5.71. The van der Waals surface area contributed by atoms with E-state index >= 15 is 0 Å². The van der Waals surface area contributed by atoms with Crippen molar-refractivity contribution in [2.75, 3.05) is 18.5 Å². The quantitative estimate of drug-likeness (QED) is 0.540. The van der Waals surface area contributed by atoms with E-state index < -0.39 is 11.3 Å². The third kappa shape index (κ3) is 4.64. The maximum Gasteiger partial charge on any atom is 0.280 e. The number of rotatable bonds is 6. The molecule has 1 fully saturated rings. The summed E-state index contributed by atoms with van der Waals surface area (Å²) in [6.07, 6.45) is 6.07. The summed E-state index contributed by atoms with van der Waals surface area (Å²) in [5, 5.41) is 11.0. The number of fused-ring (bicyclic) bond motifs is 1. The molecule has 0 radical (unpaired) electrons. The lowest BCUT2D eigenvalue weighted by molar-refractivity contribution is 0.0858. The molecule has 8 nitrogen and oxygen atoms in total. The number of hydrogen-bond acceptors (Lipinski definition) is 6. The third-order valence-electron chi connectivity index (χ3n) is 6.00. The number of benzene rings is 1. The van der Waals surface area contributed by atoms with Gasteiger partial charge in [0, 0.05) is 35.3 Å². The molecule has 3 heterocycles. The predicted molar refractivity (Wildman–Crippen MR) is 130 cm³/mol. The van der Waals surface area contributed by atoms with Gasteiger partial charge < -0.3 is 15.4 Å². The third-order valence-corrected chi connectivity index (χ3v) is 7.46. The van der Waals surface area contributed by atoms with Gasteiger partial charge >= 0.3 is 0 Å². The van der Waals surface area contributed by atoms with E-state index in [0.717, 1.165) is 42.5 Å². The number of nitrogens with zero attached hydrogens (tertiary/aromatic N) is 2. The number of amides is 2. The van der Waals surface area contributed by atoms with Gasteiger partial charge in [0.25, 0.3) is 11.8 Å². The van der Waals surface area contributed by atoms with Crippen molar-refractivity contribution in [2.24, 2.45) is 0 Å². The SMILES string of the molecule is O=C(NCC1CCCO1)c1c(NC(=O)c2nn(-c3ccc(Cl)cc3)ccc2=O)sc2c1CCC2. The molecule has 1 aromatic carbocycles. The summed E-state index contributed by atoms with van der Waals surface area (Å²) in [6.45, 7) is 1.15. The Kier molecular flexibility index (Phi) is 6.49. The molecule has 176 valence electrons. The average Bonchev–Trinajstić information content (AvgIpc) is 3.56. The zero-order valence-electron chi connectivity index (χ0n) is 18.3. The molecule has 2 aliphatic rings. The van der Waals surface area contributed by atoms with Crippen LogP contribution in [-0.2, 0) is 17.6 Å². The summed E-state index contributed by atoms with van der Waals surface area (Å²) >= 11 is 7.34. The topological polar surface area (TPSA) is 102 Å². The monoisotopic (exact) mass is 498 g/mol. The first-order chi connectivity index (χ1) is 16.5. The fraction of sp³-hybridized carbons (Fsp3) is 0.333. The summed E-state index contributed by atoms with van der Waals surface area (Å²) in [4.78, 5) is 39.7. The zero-order chi connectivity index (χ0) is 23.7. The molecule has 5 rings (SSSR count). The molecule has 0 bridgehead atoms. The molecule has 1 saturated heterocycles. The van der Waals surface area contributed by atoms with E-state index in [2.05, 4.69) is 15.7 Å². The first-order valence-corrected chi connectivity index (χ1v) is 12.4. The first kappa shape index (κ1) is 22.8. The Bertz CT molecular complexity index is 1300. The number of ether oxygens (including phenoxy) is 1. The number of carbonyl (C=O) groups excluding carboxylic acids is 2. The largest absolute Gasteiger partial charge is 0.376 e. The van der Waals surface area contributed by atoms with Crippen LogP contribution in [-0.4, -0.2) is 40.9 Å². The van der Waals surface area contributed by atoms with Gasteiger partial charge in [-0.1, -0.05) is 11.6 Å². The second-order valence-corrected chi connectivity index (χ2v) is 9.85. The molecule has 2 N–H and O–H groups in total. The van der Waals surface area contributed by atoms with Gasteiger partial charge in [-0.05, 0) is 61.9 Å². The molecule has 34 heavy (non-hydrogen) atoms. The Labute approximate surface area is 204 Å². The summed E-state index contributed by atoms with van der Waals surface area (Å²) < 4.78 is 7.04. The van der Waals surface area contributed by atoms with Gasteiger partial charge in [-0.25, -0.2) is 4.68 Å². The number of nitrogens with one attached hydrogen (secondary N) is 2. The Hall–Kier alpha value is -3.01. The molecule has 1 aliphatic heterocycles. The molecule has 0 saturated carbocycles. The number of hydrogen-bond donors (Lipinski definition) is 2. The maximum absolute atomic E-state index is 13.1. The van der Waals surface area contributed by atoms with Crippen LogP contribution < -0.4 is 16.1 Å². The minimum Gasteiger partial charge on any atom is -0.376 e. The Balaban J connectivity index is 1.39. The van der Waals surface area contributed by atoms with Crippen LogP contribution in [0.3, 0.4) is 0 Å². The lowest BCUT2D eigenvalue weighted by Crippen LogP contribution is -2.33. The second kappa shape index (κ2) is 9.69. The van der Waals surface area contributed by atoms with Gasteiger partial charge in [-0.3, -0.25) is 14.4 Å². The van der Waals surface area contributed by atoms with Crippen LogP contribution >= 0.6 is 22.9 Å².